The Kier molecular flexibility index (Phi) is 4.32. The molecule has 2 aromatic heterocycles. The van der Waals surface area contributed by atoms with E-state index >= 15 is 0 Å². The normalized spacial score (nSPS) is 20.7. The van der Waals surface area contributed by atoms with Gasteiger partial charge in [0.25, 0.3) is 5.91 Å². The van der Waals surface area contributed by atoms with Gasteiger partial charge in [-0.1, -0.05) is 0 Å². The Hall–Kier alpha value is -1.99. The molecule has 1 saturated heterocycles. The molecule has 0 radical (unpaired) electrons. The van der Waals surface area contributed by atoms with Crippen molar-refractivity contribution in [2.45, 2.75) is 18.9 Å². The largest absolute Gasteiger partial charge is 0.386 e. The van der Waals surface area contributed by atoms with E-state index in [9.17, 15) is 9.90 Å². The first-order valence-corrected chi connectivity index (χ1v) is 8.39. The van der Waals surface area contributed by atoms with Crippen LogP contribution in [0.1, 0.15) is 21.7 Å². The van der Waals surface area contributed by atoms with E-state index in [-0.39, 0.29) is 5.91 Å². The highest BCUT2D eigenvalue weighted by molar-refractivity contribution is 7.12. The summed E-state index contributed by atoms with van der Waals surface area (Å²) in [6.45, 7) is 3.43. The number of anilines is 1. The number of amides is 1. The van der Waals surface area contributed by atoms with E-state index in [1.807, 2.05) is 23.3 Å². The lowest BCUT2D eigenvalue weighted by Crippen LogP contribution is -2.45. The van der Waals surface area contributed by atoms with Gasteiger partial charge in [0.15, 0.2) is 0 Å². The molecule has 0 aromatic carbocycles. The van der Waals surface area contributed by atoms with Crippen LogP contribution in [0.2, 0.25) is 0 Å². The van der Waals surface area contributed by atoms with E-state index in [1.165, 1.54) is 11.3 Å². The minimum atomic E-state index is -0.922. The topological polar surface area (TPSA) is 69.6 Å². The highest BCUT2D eigenvalue weighted by Crippen LogP contribution is 2.26. The molecule has 1 aliphatic rings. The van der Waals surface area contributed by atoms with Gasteiger partial charge in [0, 0.05) is 32.5 Å². The lowest BCUT2D eigenvalue weighted by atomic mass is 10.0. The predicted octanol–water partition coefficient (Wildman–Crippen LogP) is 1.56. The third-order valence-electron chi connectivity index (χ3n) is 4.03. The monoisotopic (exact) mass is 332 g/mol. The van der Waals surface area contributed by atoms with Crippen LogP contribution < -0.4 is 4.90 Å². The minimum Gasteiger partial charge on any atom is -0.386 e. The van der Waals surface area contributed by atoms with Gasteiger partial charge in [0.2, 0.25) is 0 Å². The van der Waals surface area contributed by atoms with Crippen molar-refractivity contribution in [1.29, 1.82) is 0 Å². The van der Waals surface area contributed by atoms with Crippen molar-refractivity contribution in [2.75, 3.05) is 31.6 Å². The Morgan fingerprint density at radius 3 is 3.00 bits per heavy atom. The molecule has 122 valence electrons. The van der Waals surface area contributed by atoms with Gasteiger partial charge in [-0.05, 0) is 30.4 Å². The number of likely N-dealkylation sites (N-methyl/N-ethyl adjacent to an activating group) is 1. The summed E-state index contributed by atoms with van der Waals surface area (Å²) >= 11 is 1.44. The molecule has 1 N–H and O–H groups in total. The fourth-order valence-electron chi connectivity index (χ4n) is 2.88. The summed E-state index contributed by atoms with van der Waals surface area (Å²) < 4.78 is 0. The van der Waals surface area contributed by atoms with Gasteiger partial charge >= 0.3 is 0 Å². The molecule has 0 spiro atoms. The average Bonchev–Trinajstić information content (AvgIpc) is 3.14. The van der Waals surface area contributed by atoms with E-state index in [0.717, 1.165) is 11.4 Å². The van der Waals surface area contributed by atoms with Crippen molar-refractivity contribution in [1.82, 2.24) is 14.9 Å². The van der Waals surface area contributed by atoms with Gasteiger partial charge in [0.05, 0.1) is 17.6 Å². The number of hydrogen-bond donors (Lipinski definition) is 1. The summed E-state index contributed by atoms with van der Waals surface area (Å²) in [4.78, 5) is 25.1. The number of hydrogen-bond acceptors (Lipinski definition) is 6. The van der Waals surface area contributed by atoms with E-state index in [2.05, 4.69) is 9.97 Å². The van der Waals surface area contributed by atoms with Crippen molar-refractivity contribution < 1.29 is 9.90 Å². The zero-order chi connectivity index (χ0) is 16.4. The van der Waals surface area contributed by atoms with Gasteiger partial charge in [0.1, 0.15) is 11.4 Å². The molecule has 2 aromatic rings. The quantitative estimate of drug-likeness (QED) is 0.920. The average molecular weight is 332 g/mol. The van der Waals surface area contributed by atoms with E-state index < -0.39 is 5.60 Å². The van der Waals surface area contributed by atoms with Gasteiger partial charge < -0.3 is 14.9 Å². The molecule has 1 amide bonds. The van der Waals surface area contributed by atoms with Gasteiger partial charge in [-0.3, -0.25) is 9.78 Å². The standard InChI is InChI=1S/C16H20N4O2S/c1-12-7-13(23-9-12)15(21)19(2)10-16(22)3-6-20(11-16)14-8-17-4-5-18-14/h4-5,7-9,22H,3,6,10-11H2,1-2H3/t16-/m1/s1. The third kappa shape index (κ3) is 3.51. The minimum absolute atomic E-state index is 0.0468. The first-order valence-electron chi connectivity index (χ1n) is 7.51. The molecule has 6 nitrogen and oxygen atoms in total. The number of β-amino-alcohol motifs (C(OH)–C–C–N with tert-alkyl or cyclic N) is 1. The van der Waals surface area contributed by atoms with Crippen LogP contribution in [-0.2, 0) is 0 Å². The summed E-state index contributed by atoms with van der Waals surface area (Å²) in [5, 5.41) is 12.8. The number of thiophene rings is 1. The van der Waals surface area contributed by atoms with Gasteiger partial charge in [-0.15, -0.1) is 11.3 Å². The molecule has 0 unspecified atom stereocenters. The highest BCUT2D eigenvalue weighted by Gasteiger charge is 2.38. The molecular formula is C16H20N4O2S. The van der Waals surface area contributed by atoms with Crippen LogP contribution in [0.5, 0.6) is 0 Å². The van der Waals surface area contributed by atoms with E-state index in [1.54, 1.807) is 30.5 Å². The van der Waals surface area contributed by atoms with Crippen LogP contribution in [0.4, 0.5) is 5.82 Å². The molecular weight excluding hydrogens is 312 g/mol. The summed E-state index contributed by atoms with van der Waals surface area (Å²) in [6, 6.07) is 1.88. The van der Waals surface area contributed by atoms with Crippen LogP contribution >= 0.6 is 11.3 Å². The molecule has 1 fully saturated rings. The van der Waals surface area contributed by atoms with Crippen molar-refractivity contribution in [3.63, 3.8) is 0 Å². The lowest BCUT2D eigenvalue weighted by Gasteiger charge is -2.28. The fourth-order valence-corrected chi connectivity index (χ4v) is 3.77. The van der Waals surface area contributed by atoms with Crippen LogP contribution in [0.15, 0.2) is 30.0 Å². The number of carbonyl (C=O) groups excluding carboxylic acids is 1. The second-order valence-corrected chi connectivity index (χ2v) is 7.02. The number of aliphatic hydroxyl groups is 1. The second kappa shape index (κ2) is 6.25. The maximum atomic E-state index is 12.4. The van der Waals surface area contributed by atoms with Crippen molar-refractivity contribution >= 4 is 23.1 Å². The summed E-state index contributed by atoms with van der Waals surface area (Å²) in [6.07, 6.45) is 5.56. The maximum absolute atomic E-state index is 12.4. The third-order valence-corrected chi connectivity index (χ3v) is 5.06. The zero-order valence-electron chi connectivity index (χ0n) is 13.3. The smallest absolute Gasteiger partial charge is 0.263 e. The number of aryl methyl sites for hydroxylation is 1. The number of rotatable bonds is 4. The van der Waals surface area contributed by atoms with Crippen LogP contribution in [0.25, 0.3) is 0 Å². The lowest BCUT2D eigenvalue weighted by molar-refractivity contribution is 0.0266. The number of nitrogens with zero attached hydrogens (tertiary/aromatic N) is 4. The summed E-state index contributed by atoms with van der Waals surface area (Å²) in [5.41, 5.74) is 0.161. The number of aromatic nitrogens is 2. The van der Waals surface area contributed by atoms with E-state index in [0.29, 0.717) is 30.9 Å². The van der Waals surface area contributed by atoms with Gasteiger partial charge in [-0.25, -0.2) is 4.98 Å². The maximum Gasteiger partial charge on any atom is 0.263 e. The van der Waals surface area contributed by atoms with Crippen LogP contribution in [0.3, 0.4) is 0 Å². The van der Waals surface area contributed by atoms with Crippen molar-refractivity contribution in [3.8, 4) is 0 Å². The SMILES string of the molecule is Cc1csc(C(=O)N(C)C[C@]2(O)CCN(c3cnccn3)C2)c1. The molecule has 3 heterocycles. The van der Waals surface area contributed by atoms with E-state index in [4.69, 9.17) is 0 Å². The first kappa shape index (κ1) is 15.9. The van der Waals surface area contributed by atoms with Crippen molar-refractivity contribution in [3.05, 3.63) is 40.5 Å². The Morgan fingerprint density at radius 1 is 1.52 bits per heavy atom. The fraction of sp³-hybridized carbons (Fsp3) is 0.438. The molecule has 7 heteroatoms. The summed E-state index contributed by atoms with van der Waals surface area (Å²) in [7, 11) is 1.74. The molecule has 0 saturated carbocycles. The Labute approximate surface area is 139 Å². The summed E-state index contributed by atoms with van der Waals surface area (Å²) in [5.74, 6) is 0.709. The molecule has 1 atom stereocenters. The number of carbonyl (C=O) groups is 1. The molecule has 3 rings (SSSR count). The molecule has 23 heavy (non-hydrogen) atoms. The Bertz CT molecular complexity index is 690. The Balaban J connectivity index is 1.64. The second-order valence-electron chi connectivity index (χ2n) is 6.11. The van der Waals surface area contributed by atoms with Crippen LogP contribution in [-0.4, -0.2) is 58.2 Å². The zero-order valence-corrected chi connectivity index (χ0v) is 14.1. The first-order chi connectivity index (χ1) is 11.0. The highest BCUT2D eigenvalue weighted by atomic mass is 32.1. The van der Waals surface area contributed by atoms with Gasteiger partial charge in [-0.2, -0.15) is 0 Å². The van der Waals surface area contributed by atoms with Crippen LogP contribution in [0, 0.1) is 6.92 Å². The molecule has 1 aliphatic heterocycles. The Morgan fingerprint density at radius 2 is 2.35 bits per heavy atom. The molecule has 0 aliphatic carbocycles. The predicted molar refractivity (Wildman–Crippen MR) is 89.8 cm³/mol. The molecule has 0 bridgehead atoms. The van der Waals surface area contributed by atoms with Crippen molar-refractivity contribution in [2.24, 2.45) is 0 Å².